The lowest BCUT2D eigenvalue weighted by molar-refractivity contribution is 0.315. The molecule has 0 aliphatic carbocycles. The Morgan fingerprint density at radius 1 is 1.40 bits per heavy atom. The van der Waals surface area contributed by atoms with Gasteiger partial charge in [-0.2, -0.15) is 5.10 Å². The largest absolute Gasteiger partial charge is 0.409 e. The van der Waals surface area contributed by atoms with E-state index in [2.05, 4.69) is 15.6 Å². The minimum Gasteiger partial charge on any atom is -0.409 e. The van der Waals surface area contributed by atoms with Gasteiger partial charge in [0.1, 0.15) is 5.84 Å². The van der Waals surface area contributed by atoms with E-state index in [-0.39, 0.29) is 11.8 Å². The Morgan fingerprint density at radius 2 is 2.15 bits per heavy atom. The molecule has 106 valence electrons. The predicted octanol–water partition coefficient (Wildman–Crippen LogP) is 1.04. The van der Waals surface area contributed by atoms with Crippen molar-refractivity contribution >= 4 is 5.84 Å². The van der Waals surface area contributed by atoms with Gasteiger partial charge in [0, 0.05) is 26.3 Å². The van der Waals surface area contributed by atoms with Gasteiger partial charge in [0.15, 0.2) is 0 Å². The Morgan fingerprint density at radius 3 is 2.75 bits per heavy atom. The summed E-state index contributed by atoms with van der Waals surface area (Å²) in [5.74, 6) is 0.0367. The first kappa shape index (κ1) is 14.1. The van der Waals surface area contributed by atoms with Crippen molar-refractivity contribution in [3.8, 4) is 0 Å². The van der Waals surface area contributed by atoms with Gasteiger partial charge in [-0.3, -0.25) is 4.68 Å². The fourth-order valence-electron chi connectivity index (χ4n) is 2.05. The van der Waals surface area contributed by atoms with Crippen molar-refractivity contribution in [2.24, 2.45) is 17.9 Å². The van der Waals surface area contributed by atoms with E-state index >= 15 is 0 Å². The molecule has 1 atom stereocenters. The van der Waals surface area contributed by atoms with Crippen molar-refractivity contribution in [1.82, 2.24) is 15.1 Å². The van der Waals surface area contributed by atoms with Crippen LogP contribution >= 0.6 is 0 Å². The Balaban J connectivity index is 1.98. The monoisotopic (exact) mass is 273 g/mol. The maximum Gasteiger partial charge on any atom is 0.147 e. The molecule has 0 saturated carbocycles. The number of amidine groups is 1. The van der Waals surface area contributed by atoms with Crippen molar-refractivity contribution in [2.45, 2.75) is 12.5 Å². The Kier molecular flexibility index (Phi) is 4.73. The van der Waals surface area contributed by atoms with Gasteiger partial charge in [0.05, 0.1) is 11.6 Å². The smallest absolute Gasteiger partial charge is 0.147 e. The average molecular weight is 273 g/mol. The molecule has 0 bridgehead atoms. The summed E-state index contributed by atoms with van der Waals surface area (Å²) >= 11 is 0. The van der Waals surface area contributed by atoms with Crippen LogP contribution in [0.5, 0.6) is 0 Å². The van der Waals surface area contributed by atoms with Gasteiger partial charge in [-0.05, 0) is 11.6 Å². The second kappa shape index (κ2) is 6.72. The molecule has 4 N–H and O–H groups in total. The van der Waals surface area contributed by atoms with Crippen LogP contribution in [0.2, 0.25) is 0 Å². The van der Waals surface area contributed by atoms with E-state index in [0.29, 0.717) is 13.1 Å². The lowest BCUT2D eigenvalue weighted by atomic mass is 9.98. The summed E-state index contributed by atoms with van der Waals surface area (Å²) in [5.41, 5.74) is 7.74. The van der Waals surface area contributed by atoms with Crippen LogP contribution in [0.25, 0.3) is 0 Å². The van der Waals surface area contributed by atoms with Gasteiger partial charge < -0.3 is 16.3 Å². The molecule has 0 spiro atoms. The third-order valence-electron chi connectivity index (χ3n) is 3.10. The van der Waals surface area contributed by atoms with Crippen LogP contribution in [0.4, 0.5) is 0 Å². The highest BCUT2D eigenvalue weighted by Crippen LogP contribution is 2.14. The first-order valence-corrected chi connectivity index (χ1v) is 6.42. The number of rotatable bonds is 6. The third kappa shape index (κ3) is 3.58. The zero-order valence-corrected chi connectivity index (χ0v) is 11.4. The molecule has 1 heterocycles. The van der Waals surface area contributed by atoms with Gasteiger partial charge in [-0.15, -0.1) is 0 Å². The molecule has 0 aliphatic rings. The zero-order valence-electron chi connectivity index (χ0n) is 11.4. The van der Waals surface area contributed by atoms with Crippen molar-refractivity contribution in [1.29, 1.82) is 0 Å². The van der Waals surface area contributed by atoms with Gasteiger partial charge in [-0.1, -0.05) is 35.5 Å². The van der Waals surface area contributed by atoms with E-state index in [4.69, 9.17) is 10.9 Å². The van der Waals surface area contributed by atoms with Crippen molar-refractivity contribution in [3.63, 3.8) is 0 Å². The van der Waals surface area contributed by atoms with Crippen molar-refractivity contribution in [3.05, 3.63) is 53.9 Å². The van der Waals surface area contributed by atoms with Gasteiger partial charge in [0.2, 0.25) is 0 Å². The normalized spacial score (nSPS) is 13.3. The molecular weight excluding hydrogens is 254 g/mol. The summed E-state index contributed by atoms with van der Waals surface area (Å²) in [6, 6.07) is 11.7. The second-order valence-electron chi connectivity index (χ2n) is 4.60. The van der Waals surface area contributed by atoms with E-state index in [1.807, 2.05) is 49.6 Å². The SMILES string of the molecule is Cn1ccc(CNCC(/C(N)=N/O)c2ccccc2)n1. The summed E-state index contributed by atoms with van der Waals surface area (Å²) in [6.07, 6.45) is 1.90. The number of hydrogen-bond donors (Lipinski definition) is 3. The summed E-state index contributed by atoms with van der Waals surface area (Å²) < 4.78 is 1.76. The molecule has 0 aliphatic heterocycles. The molecular formula is C14H19N5O. The van der Waals surface area contributed by atoms with Crippen molar-refractivity contribution in [2.75, 3.05) is 6.54 Å². The number of aromatic nitrogens is 2. The number of nitrogens with one attached hydrogen (secondary N) is 1. The molecule has 0 fully saturated rings. The Labute approximate surface area is 117 Å². The van der Waals surface area contributed by atoms with E-state index in [1.54, 1.807) is 4.68 Å². The first-order valence-electron chi connectivity index (χ1n) is 6.42. The quantitative estimate of drug-likeness (QED) is 0.317. The minimum atomic E-state index is -0.162. The number of benzene rings is 1. The lowest BCUT2D eigenvalue weighted by Crippen LogP contribution is -2.31. The standard InChI is InChI=1S/C14H19N5O/c1-19-8-7-12(17-19)9-16-10-13(14(15)18-20)11-5-3-2-4-6-11/h2-8,13,16,20H,9-10H2,1H3,(H2,15,18). The zero-order chi connectivity index (χ0) is 14.4. The minimum absolute atomic E-state index is 0.162. The molecule has 2 rings (SSSR count). The molecule has 0 amide bonds. The summed E-state index contributed by atoms with van der Waals surface area (Å²) in [7, 11) is 1.88. The van der Waals surface area contributed by atoms with Gasteiger partial charge in [0.25, 0.3) is 0 Å². The van der Waals surface area contributed by atoms with Crippen LogP contribution in [0, 0.1) is 0 Å². The van der Waals surface area contributed by atoms with Crippen LogP contribution in [-0.4, -0.2) is 27.4 Å². The summed E-state index contributed by atoms with van der Waals surface area (Å²) in [5, 5.41) is 19.6. The van der Waals surface area contributed by atoms with Gasteiger partial charge in [-0.25, -0.2) is 0 Å². The van der Waals surface area contributed by atoms with Crippen LogP contribution < -0.4 is 11.1 Å². The summed E-state index contributed by atoms with van der Waals surface area (Å²) in [4.78, 5) is 0. The number of nitrogens with two attached hydrogens (primary N) is 1. The van der Waals surface area contributed by atoms with E-state index in [0.717, 1.165) is 11.3 Å². The van der Waals surface area contributed by atoms with Crippen LogP contribution in [0.1, 0.15) is 17.2 Å². The van der Waals surface area contributed by atoms with Crippen LogP contribution in [0.3, 0.4) is 0 Å². The fraction of sp³-hybridized carbons (Fsp3) is 0.286. The molecule has 2 aromatic rings. The van der Waals surface area contributed by atoms with E-state index < -0.39 is 0 Å². The molecule has 6 heteroatoms. The topological polar surface area (TPSA) is 88.5 Å². The number of hydrogen-bond acceptors (Lipinski definition) is 4. The third-order valence-corrected chi connectivity index (χ3v) is 3.10. The molecule has 6 nitrogen and oxygen atoms in total. The van der Waals surface area contributed by atoms with Crippen LogP contribution in [-0.2, 0) is 13.6 Å². The fourth-order valence-corrected chi connectivity index (χ4v) is 2.05. The average Bonchev–Trinajstić information content (AvgIpc) is 2.89. The molecule has 0 radical (unpaired) electrons. The Hall–Kier alpha value is -2.34. The molecule has 20 heavy (non-hydrogen) atoms. The molecule has 1 aromatic heterocycles. The predicted molar refractivity (Wildman–Crippen MR) is 77.5 cm³/mol. The molecule has 0 saturated heterocycles. The van der Waals surface area contributed by atoms with Crippen LogP contribution in [0.15, 0.2) is 47.8 Å². The Bertz CT molecular complexity index is 564. The lowest BCUT2D eigenvalue weighted by Gasteiger charge is -2.16. The number of nitrogens with zero attached hydrogens (tertiary/aromatic N) is 3. The van der Waals surface area contributed by atoms with Crippen molar-refractivity contribution < 1.29 is 5.21 Å². The maximum atomic E-state index is 8.91. The van der Waals surface area contributed by atoms with Gasteiger partial charge >= 0.3 is 0 Å². The summed E-state index contributed by atoms with van der Waals surface area (Å²) in [6.45, 7) is 1.22. The number of aryl methyl sites for hydroxylation is 1. The maximum absolute atomic E-state index is 8.91. The molecule has 1 aromatic carbocycles. The highest BCUT2D eigenvalue weighted by atomic mass is 16.4. The highest BCUT2D eigenvalue weighted by molar-refractivity contribution is 5.87. The first-order chi connectivity index (χ1) is 9.70. The van der Waals surface area contributed by atoms with E-state index in [1.165, 1.54) is 0 Å². The highest BCUT2D eigenvalue weighted by Gasteiger charge is 2.16. The van der Waals surface area contributed by atoms with E-state index in [9.17, 15) is 0 Å². The second-order valence-corrected chi connectivity index (χ2v) is 4.60. The number of oxime groups is 1. The molecule has 1 unspecified atom stereocenters.